The van der Waals surface area contributed by atoms with Crippen LogP contribution in [0, 0.1) is 11.6 Å². The number of halogens is 2. The molecule has 1 N–H and O–H groups in total. The van der Waals surface area contributed by atoms with Crippen LogP contribution in [0.2, 0.25) is 0 Å². The molecule has 4 aromatic rings. The molecule has 3 aromatic carbocycles. The number of nitrogens with zero attached hydrogens (tertiary/aromatic N) is 2. The van der Waals surface area contributed by atoms with Crippen molar-refractivity contribution in [3.8, 4) is 11.3 Å². The average molecular weight is 616 g/mol. The van der Waals surface area contributed by atoms with Gasteiger partial charge in [0.05, 0.1) is 17.0 Å². The fraction of sp³-hybridized carbons (Fsp3) is 0.300. The zero-order valence-electron chi connectivity index (χ0n) is 23.4. The lowest BCUT2D eigenvalue weighted by Crippen LogP contribution is -2.40. The predicted molar refractivity (Wildman–Crippen MR) is 160 cm³/mol. The lowest BCUT2D eigenvalue weighted by Gasteiger charge is -2.34. The van der Waals surface area contributed by atoms with Crippen LogP contribution in [0.5, 0.6) is 0 Å². The quantitative estimate of drug-likeness (QED) is 0.295. The third-order valence-corrected chi connectivity index (χ3v) is 10.4. The Morgan fingerprint density at radius 1 is 1.12 bits per heavy atom. The summed E-state index contributed by atoms with van der Waals surface area (Å²) in [5, 5.41) is 3.15. The Balaban J connectivity index is 1.60. The number of anilines is 1. The lowest BCUT2D eigenvalue weighted by molar-refractivity contribution is 0.0964. The largest absolute Gasteiger partial charge is 0.455 e. The van der Waals surface area contributed by atoms with E-state index in [9.17, 15) is 26.2 Å². The number of furan rings is 1. The molecule has 222 valence electrons. The highest BCUT2D eigenvalue weighted by molar-refractivity contribution is 7.88. The number of hydrogen-bond acceptors (Lipinski definition) is 5. The molecule has 1 fully saturated rings. The summed E-state index contributed by atoms with van der Waals surface area (Å²) in [5.41, 5.74) is 2.81. The Bertz CT molecular complexity index is 1770. The van der Waals surface area contributed by atoms with Crippen LogP contribution in [0.1, 0.15) is 40.2 Å². The fourth-order valence-electron chi connectivity index (χ4n) is 5.42. The molecule has 8 nitrogen and oxygen atoms in total. The van der Waals surface area contributed by atoms with Crippen molar-refractivity contribution in [3.63, 3.8) is 0 Å². The minimum absolute atomic E-state index is 0.165. The van der Waals surface area contributed by atoms with Crippen LogP contribution in [0.25, 0.3) is 22.3 Å². The molecule has 5 rings (SSSR count). The highest BCUT2D eigenvalue weighted by atomic mass is 32.2. The zero-order valence-corrected chi connectivity index (χ0v) is 25.0. The van der Waals surface area contributed by atoms with Gasteiger partial charge >= 0.3 is 0 Å². The monoisotopic (exact) mass is 615 g/mol. The van der Waals surface area contributed by atoms with Crippen molar-refractivity contribution in [2.24, 2.45) is 0 Å². The van der Waals surface area contributed by atoms with Crippen molar-refractivity contribution in [1.29, 1.82) is 0 Å². The van der Waals surface area contributed by atoms with Gasteiger partial charge in [-0.25, -0.2) is 25.7 Å². The second-order valence-electron chi connectivity index (χ2n) is 10.3. The van der Waals surface area contributed by atoms with E-state index in [-0.39, 0.29) is 29.5 Å². The molecule has 1 aliphatic heterocycles. The van der Waals surface area contributed by atoms with Crippen LogP contribution in [-0.2, 0) is 26.8 Å². The predicted octanol–water partition coefficient (Wildman–Crippen LogP) is 5.18. The molecule has 0 radical (unpaired) electrons. The van der Waals surface area contributed by atoms with Gasteiger partial charge in [-0.3, -0.25) is 9.10 Å². The first-order valence-corrected chi connectivity index (χ1v) is 16.5. The molecule has 2 heterocycles. The van der Waals surface area contributed by atoms with Crippen molar-refractivity contribution >= 4 is 43.6 Å². The number of benzene rings is 3. The van der Waals surface area contributed by atoms with Gasteiger partial charge in [0.2, 0.25) is 10.0 Å². The van der Waals surface area contributed by atoms with E-state index in [1.54, 1.807) is 23.5 Å². The molecule has 42 heavy (non-hydrogen) atoms. The number of carbonyl (C=O) groups is 1. The minimum Gasteiger partial charge on any atom is -0.455 e. The maximum absolute atomic E-state index is 13.7. The Kier molecular flexibility index (Phi) is 8.49. The molecule has 0 saturated carbocycles. The summed E-state index contributed by atoms with van der Waals surface area (Å²) in [5.74, 6) is -1.68. The van der Waals surface area contributed by atoms with Crippen molar-refractivity contribution < 1.29 is 30.6 Å². The van der Waals surface area contributed by atoms with Crippen molar-refractivity contribution in [2.75, 3.05) is 37.7 Å². The maximum atomic E-state index is 13.7. The first kappa shape index (κ1) is 29.9. The molecule has 12 heteroatoms. The number of piperidine rings is 1. The van der Waals surface area contributed by atoms with Crippen molar-refractivity contribution in [2.45, 2.75) is 24.5 Å². The third kappa shape index (κ3) is 5.97. The summed E-state index contributed by atoms with van der Waals surface area (Å²) < 4.78 is 76.0. The number of nitrogens with one attached hydrogen (secondary N) is 1. The number of fused-ring (bicyclic) bond motifs is 1. The van der Waals surface area contributed by atoms with Gasteiger partial charge in [0.15, 0.2) is 0 Å². The second-order valence-corrected chi connectivity index (χ2v) is 13.7. The molecule has 0 aliphatic carbocycles. The Morgan fingerprint density at radius 3 is 2.52 bits per heavy atom. The van der Waals surface area contributed by atoms with E-state index in [1.807, 2.05) is 6.07 Å². The second kappa shape index (κ2) is 11.9. The van der Waals surface area contributed by atoms with E-state index < -0.39 is 38.6 Å². The standard InChI is InChI=1S/C30H31F2N3O5S2/c1-33-30(36)28-25-15-24(21-7-5-13-35(17-21)42(38,39)18-19-6-4-8-23(32)14-19)26(34(2)41(3)37)16-27(25)40-29(28)20-9-11-22(31)12-10-20/h4,6,8-12,14-16,21H,5,7,13,17-18H2,1-3H3,(H,33,36)/t21-,41?/m0/s1. The van der Waals surface area contributed by atoms with E-state index in [2.05, 4.69) is 5.32 Å². The van der Waals surface area contributed by atoms with Crippen LogP contribution < -0.4 is 9.62 Å². The SMILES string of the molecule is CNC(=O)c1c(-c2ccc(F)cc2)oc2cc(N(C)S(C)=O)c([C@H]3CCCN(S(=O)(=O)Cc4cccc(F)c4)C3)cc12. The van der Waals surface area contributed by atoms with Gasteiger partial charge in [-0.05, 0) is 72.4 Å². The number of sulfonamides is 1. The molecule has 1 saturated heterocycles. The first-order chi connectivity index (χ1) is 20.0. The first-order valence-electron chi connectivity index (χ1n) is 13.4. The smallest absolute Gasteiger partial charge is 0.255 e. The molecule has 2 atom stereocenters. The van der Waals surface area contributed by atoms with E-state index in [4.69, 9.17) is 4.42 Å². The Morgan fingerprint density at radius 2 is 1.86 bits per heavy atom. The maximum Gasteiger partial charge on any atom is 0.255 e. The third-order valence-electron chi connectivity index (χ3n) is 7.58. The molecule has 0 spiro atoms. The van der Waals surface area contributed by atoms with E-state index in [0.29, 0.717) is 47.2 Å². The van der Waals surface area contributed by atoms with Crippen LogP contribution in [0.15, 0.2) is 65.1 Å². The van der Waals surface area contributed by atoms with E-state index >= 15 is 0 Å². The van der Waals surface area contributed by atoms with Gasteiger partial charge in [-0.1, -0.05) is 12.1 Å². The fourth-order valence-corrected chi connectivity index (χ4v) is 7.45. The average Bonchev–Trinajstić information content (AvgIpc) is 3.34. The van der Waals surface area contributed by atoms with Gasteiger partial charge < -0.3 is 9.73 Å². The summed E-state index contributed by atoms with van der Waals surface area (Å²) in [7, 11) is -2.01. The number of rotatable bonds is 8. The van der Waals surface area contributed by atoms with Gasteiger partial charge in [-0.15, -0.1) is 0 Å². The van der Waals surface area contributed by atoms with Crippen molar-refractivity contribution in [3.05, 3.63) is 89.0 Å². The summed E-state index contributed by atoms with van der Waals surface area (Å²) >= 11 is 0. The van der Waals surface area contributed by atoms with Crippen molar-refractivity contribution in [1.82, 2.24) is 9.62 Å². The van der Waals surface area contributed by atoms with Gasteiger partial charge in [0, 0.05) is 50.5 Å². The highest BCUT2D eigenvalue weighted by Crippen LogP contribution is 2.42. The molecular formula is C30H31F2N3O5S2. The zero-order chi connectivity index (χ0) is 30.2. The highest BCUT2D eigenvalue weighted by Gasteiger charge is 2.33. The Labute approximate surface area is 245 Å². The minimum atomic E-state index is -3.77. The van der Waals surface area contributed by atoms with Gasteiger partial charge in [0.25, 0.3) is 5.91 Å². The van der Waals surface area contributed by atoms with E-state index in [0.717, 1.165) is 5.56 Å². The molecule has 1 aliphatic rings. The summed E-state index contributed by atoms with van der Waals surface area (Å²) in [6.07, 6.45) is 2.78. The van der Waals surface area contributed by atoms with Gasteiger partial charge in [0.1, 0.15) is 34.0 Å². The normalized spacial score (nSPS) is 16.8. The van der Waals surface area contributed by atoms with Crippen LogP contribution in [0.4, 0.5) is 14.5 Å². The lowest BCUT2D eigenvalue weighted by atomic mass is 9.89. The Hall–Kier alpha value is -3.61. The van der Waals surface area contributed by atoms with Gasteiger partial charge in [-0.2, -0.15) is 0 Å². The van der Waals surface area contributed by atoms with Crippen LogP contribution >= 0.6 is 0 Å². The molecule has 1 amide bonds. The summed E-state index contributed by atoms with van der Waals surface area (Å²) in [4.78, 5) is 13.1. The number of hydrogen-bond donors (Lipinski definition) is 1. The number of amides is 1. The van der Waals surface area contributed by atoms with Crippen LogP contribution in [0.3, 0.4) is 0 Å². The summed E-state index contributed by atoms with van der Waals surface area (Å²) in [6, 6.07) is 14.7. The number of carbonyl (C=O) groups excluding carboxylic acids is 1. The summed E-state index contributed by atoms with van der Waals surface area (Å²) in [6.45, 7) is 0.490. The molecular weight excluding hydrogens is 584 g/mol. The van der Waals surface area contributed by atoms with Crippen LogP contribution in [-0.4, -0.2) is 56.3 Å². The molecule has 1 unspecified atom stereocenters. The molecule has 1 aromatic heterocycles. The van der Waals surface area contributed by atoms with E-state index in [1.165, 1.54) is 60.1 Å². The molecule has 0 bridgehead atoms. The topological polar surface area (TPSA) is 99.9 Å².